The molecule has 21 heavy (non-hydrogen) atoms. The maximum absolute atomic E-state index is 11.8. The van der Waals surface area contributed by atoms with E-state index in [4.69, 9.17) is 5.11 Å². The lowest BCUT2D eigenvalue weighted by molar-refractivity contribution is -0.120. The second-order valence-corrected chi connectivity index (χ2v) is 4.63. The zero-order valence-electron chi connectivity index (χ0n) is 11.2. The van der Waals surface area contributed by atoms with Gasteiger partial charge in [-0.25, -0.2) is 4.79 Å². The highest BCUT2D eigenvalue weighted by molar-refractivity contribution is 5.87. The van der Waals surface area contributed by atoms with Crippen molar-refractivity contribution in [3.8, 4) is 5.75 Å². The zero-order chi connectivity index (χ0) is 15.2. The fraction of sp³-hybridized carbons (Fsp3) is 0.125. The normalized spacial score (nSPS) is 10.1. The van der Waals surface area contributed by atoms with Gasteiger partial charge in [0.25, 0.3) is 0 Å². The van der Waals surface area contributed by atoms with Gasteiger partial charge < -0.3 is 15.5 Å². The van der Waals surface area contributed by atoms with Crippen molar-refractivity contribution in [1.82, 2.24) is 5.32 Å². The first kappa shape index (κ1) is 14.6. The number of carboxylic acid groups (broad SMARTS) is 1. The number of nitrogens with one attached hydrogen (secondary N) is 1. The molecule has 0 bridgehead atoms. The van der Waals surface area contributed by atoms with E-state index >= 15 is 0 Å². The van der Waals surface area contributed by atoms with Crippen molar-refractivity contribution in [3.05, 3.63) is 65.2 Å². The average molecular weight is 285 g/mol. The maximum atomic E-state index is 11.8. The van der Waals surface area contributed by atoms with Gasteiger partial charge in [-0.15, -0.1) is 0 Å². The van der Waals surface area contributed by atoms with Gasteiger partial charge in [-0.2, -0.15) is 0 Å². The number of benzene rings is 2. The molecule has 2 aromatic carbocycles. The third kappa shape index (κ3) is 4.35. The number of phenolic OH excluding ortho intramolecular Hbond substituents is 1. The van der Waals surface area contributed by atoms with E-state index < -0.39 is 5.97 Å². The SMILES string of the molecule is O=C(Cc1cccc(O)c1)NCc1ccc(C(=O)O)cc1. The van der Waals surface area contributed by atoms with Crippen molar-refractivity contribution < 1.29 is 19.8 Å². The van der Waals surface area contributed by atoms with Crippen LogP contribution in [0.1, 0.15) is 21.5 Å². The number of rotatable bonds is 5. The number of carboxylic acids is 1. The summed E-state index contributed by atoms with van der Waals surface area (Å²) >= 11 is 0. The number of amides is 1. The van der Waals surface area contributed by atoms with Crippen LogP contribution in [0.2, 0.25) is 0 Å². The van der Waals surface area contributed by atoms with E-state index in [2.05, 4.69) is 5.32 Å². The van der Waals surface area contributed by atoms with Gasteiger partial charge in [0.1, 0.15) is 5.75 Å². The third-order valence-corrected chi connectivity index (χ3v) is 2.97. The minimum atomic E-state index is -0.977. The molecule has 5 heteroatoms. The molecule has 0 atom stereocenters. The van der Waals surface area contributed by atoms with Crippen molar-refractivity contribution in [3.63, 3.8) is 0 Å². The molecule has 3 N–H and O–H groups in total. The molecule has 108 valence electrons. The van der Waals surface area contributed by atoms with Crippen LogP contribution in [-0.4, -0.2) is 22.1 Å². The summed E-state index contributed by atoms with van der Waals surface area (Å²) in [4.78, 5) is 22.5. The molecule has 0 aromatic heterocycles. The smallest absolute Gasteiger partial charge is 0.335 e. The monoisotopic (exact) mass is 285 g/mol. The summed E-state index contributed by atoms with van der Waals surface area (Å²) in [7, 11) is 0. The number of phenols is 1. The van der Waals surface area contributed by atoms with Crippen LogP contribution >= 0.6 is 0 Å². The zero-order valence-corrected chi connectivity index (χ0v) is 11.2. The first-order chi connectivity index (χ1) is 10.0. The average Bonchev–Trinajstić information content (AvgIpc) is 2.45. The Morgan fingerprint density at radius 3 is 2.33 bits per heavy atom. The van der Waals surface area contributed by atoms with Gasteiger partial charge in [-0.05, 0) is 35.4 Å². The molecule has 0 aliphatic heterocycles. The van der Waals surface area contributed by atoms with Gasteiger partial charge in [0.15, 0.2) is 0 Å². The van der Waals surface area contributed by atoms with E-state index in [-0.39, 0.29) is 23.6 Å². The van der Waals surface area contributed by atoms with E-state index in [0.29, 0.717) is 6.54 Å². The Morgan fingerprint density at radius 1 is 1.00 bits per heavy atom. The summed E-state index contributed by atoms with van der Waals surface area (Å²) in [6.45, 7) is 0.331. The standard InChI is InChI=1S/C16H15NO4/c18-14-3-1-2-12(8-14)9-15(19)17-10-11-4-6-13(7-5-11)16(20)21/h1-8,18H,9-10H2,(H,17,19)(H,20,21). The Morgan fingerprint density at radius 2 is 1.71 bits per heavy atom. The Balaban J connectivity index is 1.87. The molecule has 0 saturated heterocycles. The minimum absolute atomic E-state index is 0.129. The molecule has 0 aliphatic carbocycles. The molecule has 0 fully saturated rings. The summed E-state index contributed by atoms with van der Waals surface area (Å²) < 4.78 is 0. The Kier molecular flexibility index (Phi) is 4.56. The van der Waals surface area contributed by atoms with Gasteiger partial charge in [0.05, 0.1) is 12.0 Å². The van der Waals surface area contributed by atoms with E-state index in [1.807, 2.05) is 0 Å². The van der Waals surface area contributed by atoms with Crippen LogP contribution in [0.5, 0.6) is 5.75 Å². The fourth-order valence-electron chi connectivity index (χ4n) is 1.88. The Labute approximate surface area is 121 Å². The van der Waals surface area contributed by atoms with Crippen LogP contribution in [0.4, 0.5) is 0 Å². The largest absolute Gasteiger partial charge is 0.508 e. The van der Waals surface area contributed by atoms with Crippen molar-refractivity contribution in [2.45, 2.75) is 13.0 Å². The maximum Gasteiger partial charge on any atom is 0.335 e. The molecule has 0 heterocycles. The van der Waals surface area contributed by atoms with Gasteiger partial charge in [0, 0.05) is 6.54 Å². The number of hydrogen-bond acceptors (Lipinski definition) is 3. The van der Waals surface area contributed by atoms with Crippen LogP contribution in [0, 0.1) is 0 Å². The van der Waals surface area contributed by atoms with Crippen LogP contribution in [0.3, 0.4) is 0 Å². The Bertz CT molecular complexity index is 650. The lowest BCUT2D eigenvalue weighted by Gasteiger charge is -2.06. The first-order valence-corrected chi connectivity index (χ1v) is 6.41. The molecule has 1 amide bonds. The molecule has 5 nitrogen and oxygen atoms in total. The molecule has 0 aliphatic rings. The second-order valence-electron chi connectivity index (χ2n) is 4.63. The van der Waals surface area contributed by atoms with E-state index in [0.717, 1.165) is 11.1 Å². The molecule has 0 unspecified atom stereocenters. The summed E-state index contributed by atoms with van der Waals surface area (Å²) in [5.74, 6) is -1.01. The summed E-state index contributed by atoms with van der Waals surface area (Å²) in [6.07, 6.45) is 0.182. The number of hydrogen-bond donors (Lipinski definition) is 3. The quantitative estimate of drug-likeness (QED) is 0.783. The topological polar surface area (TPSA) is 86.6 Å². The molecule has 2 aromatic rings. The lowest BCUT2D eigenvalue weighted by Crippen LogP contribution is -2.24. The predicted molar refractivity (Wildman–Crippen MR) is 77.1 cm³/mol. The van der Waals surface area contributed by atoms with E-state index in [1.165, 1.54) is 12.1 Å². The summed E-state index contributed by atoms with van der Waals surface area (Å²) in [5.41, 5.74) is 1.77. The van der Waals surface area contributed by atoms with Gasteiger partial charge in [0.2, 0.25) is 5.91 Å². The predicted octanol–water partition coefficient (Wildman–Crippen LogP) is 1.95. The fourth-order valence-corrected chi connectivity index (χ4v) is 1.88. The summed E-state index contributed by atoms with van der Waals surface area (Å²) in [6, 6.07) is 12.9. The molecule has 0 radical (unpaired) electrons. The molecule has 0 spiro atoms. The molecule has 0 saturated carbocycles. The van der Waals surface area contributed by atoms with Crippen LogP contribution in [0.15, 0.2) is 48.5 Å². The highest BCUT2D eigenvalue weighted by atomic mass is 16.4. The summed E-state index contributed by atoms with van der Waals surface area (Å²) in [5, 5.41) is 20.9. The van der Waals surface area contributed by atoms with Gasteiger partial charge >= 0.3 is 5.97 Å². The highest BCUT2D eigenvalue weighted by Crippen LogP contribution is 2.11. The van der Waals surface area contributed by atoms with Crippen molar-refractivity contribution in [2.24, 2.45) is 0 Å². The highest BCUT2D eigenvalue weighted by Gasteiger charge is 2.05. The van der Waals surface area contributed by atoms with Gasteiger partial charge in [-0.3, -0.25) is 4.79 Å². The number of aromatic hydroxyl groups is 1. The molecular formula is C16H15NO4. The van der Waals surface area contributed by atoms with Crippen molar-refractivity contribution >= 4 is 11.9 Å². The second kappa shape index (κ2) is 6.56. The lowest BCUT2D eigenvalue weighted by atomic mass is 10.1. The van der Waals surface area contributed by atoms with Gasteiger partial charge in [-0.1, -0.05) is 24.3 Å². The van der Waals surface area contributed by atoms with E-state index in [9.17, 15) is 14.7 Å². The van der Waals surface area contributed by atoms with Crippen LogP contribution in [-0.2, 0) is 17.8 Å². The van der Waals surface area contributed by atoms with E-state index in [1.54, 1.807) is 36.4 Å². The van der Waals surface area contributed by atoms with Crippen LogP contribution in [0.25, 0.3) is 0 Å². The Hall–Kier alpha value is -2.82. The number of carbonyl (C=O) groups is 2. The number of aromatic carboxylic acids is 1. The van der Waals surface area contributed by atoms with Crippen molar-refractivity contribution in [2.75, 3.05) is 0 Å². The first-order valence-electron chi connectivity index (χ1n) is 6.41. The van der Waals surface area contributed by atoms with Crippen molar-refractivity contribution in [1.29, 1.82) is 0 Å². The molecular weight excluding hydrogens is 270 g/mol. The number of carbonyl (C=O) groups excluding carboxylic acids is 1. The third-order valence-electron chi connectivity index (χ3n) is 2.97. The minimum Gasteiger partial charge on any atom is -0.508 e. The van der Waals surface area contributed by atoms with Crippen LogP contribution < -0.4 is 5.32 Å². The molecule has 2 rings (SSSR count).